The molecule has 1 atom stereocenters. The smallest absolute Gasteiger partial charge is 0.274 e. The lowest BCUT2D eigenvalue weighted by Gasteiger charge is -2.27. The number of ether oxygens (including phenoxy) is 1. The third kappa shape index (κ3) is 3.34. The van der Waals surface area contributed by atoms with Gasteiger partial charge in [0.15, 0.2) is 5.11 Å². The van der Waals surface area contributed by atoms with Crippen LogP contribution in [0.5, 0.6) is 0 Å². The minimum atomic E-state index is -0.305. The number of carbonyl (C=O) groups is 1. The highest BCUT2D eigenvalue weighted by Crippen LogP contribution is 2.21. The van der Waals surface area contributed by atoms with Gasteiger partial charge in [-0.1, -0.05) is 12.1 Å². The molecule has 1 unspecified atom stereocenters. The number of carbonyl (C=O) groups excluding carboxylic acids is 1. The van der Waals surface area contributed by atoms with E-state index in [0.717, 1.165) is 31.4 Å². The largest absolute Gasteiger partial charge is 0.376 e. The van der Waals surface area contributed by atoms with Gasteiger partial charge in [0.05, 0.1) is 12.6 Å². The second-order valence-corrected chi connectivity index (χ2v) is 5.83. The summed E-state index contributed by atoms with van der Waals surface area (Å²) in [5, 5.41) is 3.05. The van der Waals surface area contributed by atoms with Crippen LogP contribution in [0, 0.1) is 5.82 Å². The van der Waals surface area contributed by atoms with Gasteiger partial charge >= 0.3 is 0 Å². The lowest BCUT2D eigenvalue weighted by atomic mass is 10.1. The first-order chi connectivity index (χ1) is 10.6. The zero-order valence-corrected chi connectivity index (χ0v) is 12.9. The number of halogens is 1. The van der Waals surface area contributed by atoms with Crippen molar-refractivity contribution >= 4 is 29.3 Å². The first kappa shape index (κ1) is 15.1. The molecule has 0 radical (unpaired) electrons. The van der Waals surface area contributed by atoms with Crippen LogP contribution in [0.25, 0.3) is 6.08 Å². The Labute approximate surface area is 133 Å². The molecule has 1 aromatic rings. The van der Waals surface area contributed by atoms with Crippen LogP contribution >= 0.6 is 12.2 Å². The second-order valence-electron chi connectivity index (χ2n) is 5.44. The van der Waals surface area contributed by atoms with E-state index in [9.17, 15) is 9.18 Å². The minimum absolute atomic E-state index is 0.0796. The van der Waals surface area contributed by atoms with Crippen LogP contribution in [0.15, 0.2) is 30.0 Å². The van der Waals surface area contributed by atoms with E-state index in [2.05, 4.69) is 5.32 Å². The molecular formula is C16H17FN2O2S. The fourth-order valence-corrected chi connectivity index (χ4v) is 2.92. The van der Waals surface area contributed by atoms with Crippen LogP contribution in [0.1, 0.15) is 24.8 Å². The van der Waals surface area contributed by atoms with Crippen molar-refractivity contribution in [3.05, 3.63) is 41.3 Å². The van der Waals surface area contributed by atoms with Crippen LogP contribution in [0.4, 0.5) is 4.39 Å². The molecule has 2 saturated heterocycles. The van der Waals surface area contributed by atoms with Crippen molar-refractivity contribution in [3.8, 4) is 0 Å². The van der Waals surface area contributed by atoms with E-state index >= 15 is 0 Å². The number of hydrogen-bond donors (Lipinski definition) is 1. The Bertz CT molecular complexity index is 609. The summed E-state index contributed by atoms with van der Waals surface area (Å²) in [7, 11) is 0. The van der Waals surface area contributed by atoms with Gasteiger partial charge in [0.2, 0.25) is 0 Å². The topological polar surface area (TPSA) is 41.6 Å². The van der Waals surface area contributed by atoms with Gasteiger partial charge < -0.3 is 9.64 Å². The summed E-state index contributed by atoms with van der Waals surface area (Å²) in [5.41, 5.74) is 1.23. The average molecular weight is 320 g/mol. The lowest BCUT2D eigenvalue weighted by Crippen LogP contribution is -2.37. The molecule has 1 amide bonds. The van der Waals surface area contributed by atoms with Crippen molar-refractivity contribution in [1.29, 1.82) is 0 Å². The first-order valence-electron chi connectivity index (χ1n) is 7.35. The summed E-state index contributed by atoms with van der Waals surface area (Å²) < 4.78 is 18.7. The van der Waals surface area contributed by atoms with Gasteiger partial charge in [0.1, 0.15) is 11.5 Å². The zero-order valence-electron chi connectivity index (χ0n) is 12.0. The third-order valence-electron chi connectivity index (χ3n) is 3.82. The predicted octanol–water partition coefficient (Wildman–Crippen LogP) is 2.45. The monoisotopic (exact) mass is 320 g/mol. The average Bonchev–Trinajstić information content (AvgIpc) is 2.77. The molecule has 0 saturated carbocycles. The Morgan fingerprint density at radius 2 is 2.14 bits per heavy atom. The zero-order chi connectivity index (χ0) is 15.5. The summed E-state index contributed by atoms with van der Waals surface area (Å²) in [6.45, 7) is 1.31. The van der Waals surface area contributed by atoms with E-state index in [0.29, 0.717) is 17.4 Å². The molecule has 2 heterocycles. The number of benzene rings is 1. The van der Waals surface area contributed by atoms with E-state index in [-0.39, 0.29) is 17.8 Å². The number of nitrogens with one attached hydrogen (secondary N) is 1. The van der Waals surface area contributed by atoms with Crippen LogP contribution in [-0.4, -0.2) is 35.2 Å². The van der Waals surface area contributed by atoms with Gasteiger partial charge in [-0.25, -0.2) is 4.39 Å². The highest BCUT2D eigenvalue weighted by molar-refractivity contribution is 7.80. The Hall–Kier alpha value is -1.79. The maximum atomic E-state index is 13.0. The Morgan fingerprint density at radius 3 is 2.82 bits per heavy atom. The van der Waals surface area contributed by atoms with Crippen molar-refractivity contribution in [3.63, 3.8) is 0 Å². The molecule has 2 aliphatic heterocycles. The number of hydrogen-bond acceptors (Lipinski definition) is 3. The molecule has 116 valence electrons. The minimum Gasteiger partial charge on any atom is -0.376 e. The van der Waals surface area contributed by atoms with Crippen molar-refractivity contribution in [2.45, 2.75) is 25.4 Å². The Morgan fingerprint density at radius 1 is 1.36 bits per heavy atom. The summed E-state index contributed by atoms with van der Waals surface area (Å²) in [6, 6.07) is 6.00. The fourth-order valence-electron chi connectivity index (χ4n) is 2.66. The molecule has 0 spiro atoms. The summed E-state index contributed by atoms with van der Waals surface area (Å²) >= 11 is 5.24. The summed E-state index contributed by atoms with van der Waals surface area (Å²) in [5.74, 6) is -0.536. The number of amides is 1. The Kier molecular flexibility index (Phi) is 4.49. The third-order valence-corrected chi connectivity index (χ3v) is 4.15. The standard InChI is InChI=1S/C16H17FN2O2S/c17-12-6-4-11(5-7-12)9-14-15(20)18-16(22)19(14)10-13-3-1-2-8-21-13/h4-7,9,13H,1-3,8,10H2,(H,18,20,22)/b14-9+. The van der Waals surface area contributed by atoms with E-state index in [1.165, 1.54) is 12.1 Å². The molecule has 1 aromatic carbocycles. The SMILES string of the molecule is O=C1NC(=S)N(CC2CCCCO2)/C1=C/c1ccc(F)cc1. The molecule has 0 aromatic heterocycles. The molecular weight excluding hydrogens is 303 g/mol. The van der Waals surface area contributed by atoms with Crippen molar-refractivity contribution in [2.75, 3.05) is 13.2 Å². The second kappa shape index (κ2) is 6.54. The first-order valence-corrected chi connectivity index (χ1v) is 7.76. The lowest BCUT2D eigenvalue weighted by molar-refractivity contribution is -0.116. The number of nitrogens with zero attached hydrogens (tertiary/aromatic N) is 1. The van der Waals surface area contributed by atoms with Gasteiger partial charge in [0, 0.05) is 6.61 Å². The van der Waals surface area contributed by atoms with Crippen LogP contribution in [0.2, 0.25) is 0 Å². The normalized spacial score (nSPS) is 24.0. The molecule has 1 N–H and O–H groups in total. The summed E-state index contributed by atoms with van der Waals surface area (Å²) in [4.78, 5) is 13.9. The maximum Gasteiger partial charge on any atom is 0.274 e. The van der Waals surface area contributed by atoms with Crippen molar-refractivity contribution in [2.24, 2.45) is 0 Å². The van der Waals surface area contributed by atoms with Gasteiger partial charge in [-0.15, -0.1) is 0 Å². The quantitative estimate of drug-likeness (QED) is 0.686. The number of thiocarbonyl (C=S) groups is 1. The van der Waals surface area contributed by atoms with Crippen LogP contribution < -0.4 is 5.32 Å². The number of rotatable bonds is 3. The molecule has 0 aliphatic carbocycles. The van der Waals surface area contributed by atoms with E-state index in [1.54, 1.807) is 23.1 Å². The molecule has 2 aliphatic rings. The van der Waals surface area contributed by atoms with E-state index in [4.69, 9.17) is 17.0 Å². The van der Waals surface area contributed by atoms with Crippen LogP contribution in [-0.2, 0) is 9.53 Å². The fraction of sp³-hybridized carbons (Fsp3) is 0.375. The van der Waals surface area contributed by atoms with Gasteiger partial charge in [-0.05, 0) is 55.3 Å². The van der Waals surface area contributed by atoms with Crippen molar-refractivity contribution < 1.29 is 13.9 Å². The van der Waals surface area contributed by atoms with Gasteiger partial charge in [-0.2, -0.15) is 0 Å². The van der Waals surface area contributed by atoms with E-state index in [1.807, 2.05) is 0 Å². The molecule has 4 nitrogen and oxygen atoms in total. The molecule has 0 bridgehead atoms. The maximum absolute atomic E-state index is 13.0. The molecule has 2 fully saturated rings. The van der Waals surface area contributed by atoms with Crippen LogP contribution in [0.3, 0.4) is 0 Å². The van der Waals surface area contributed by atoms with Gasteiger partial charge in [0.25, 0.3) is 5.91 Å². The summed E-state index contributed by atoms with van der Waals surface area (Å²) in [6.07, 6.45) is 4.98. The molecule has 6 heteroatoms. The van der Waals surface area contributed by atoms with Gasteiger partial charge in [-0.3, -0.25) is 10.1 Å². The Balaban J connectivity index is 1.81. The highest BCUT2D eigenvalue weighted by atomic mass is 32.1. The van der Waals surface area contributed by atoms with Crippen molar-refractivity contribution in [1.82, 2.24) is 10.2 Å². The predicted molar refractivity (Wildman–Crippen MR) is 85.4 cm³/mol. The van der Waals surface area contributed by atoms with E-state index < -0.39 is 0 Å². The molecule has 3 rings (SSSR count). The highest BCUT2D eigenvalue weighted by Gasteiger charge is 2.32. The molecule has 22 heavy (non-hydrogen) atoms.